The number of hydrogen-bond acceptors (Lipinski definition) is 8. The molecule has 2 aromatic carbocycles. The van der Waals surface area contributed by atoms with Crippen LogP contribution in [0.15, 0.2) is 48.5 Å². The van der Waals surface area contributed by atoms with Crippen LogP contribution >= 0.6 is 0 Å². The Balaban J connectivity index is 0.000000360. The molecule has 0 aromatic heterocycles. The minimum Gasteiger partial charge on any atom is -0.387 e. The first kappa shape index (κ1) is 31.8. The summed E-state index contributed by atoms with van der Waals surface area (Å²) in [7, 11) is -6.51. The fraction of sp³-hybridized carbons (Fsp3) is 0.500. The van der Waals surface area contributed by atoms with Crippen LogP contribution in [0.4, 0.5) is 11.4 Å². The van der Waals surface area contributed by atoms with Crippen LogP contribution in [0.2, 0.25) is 0 Å². The monoisotopic (exact) mass is 544 g/mol. The van der Waals surface area contributed by atoms with Gasteiger partial charge in [-0.25, -0.2) is 16.8 Å². The maximum atomic E-state index is 11.0. The number of anilines is 2. The number of hydrogen-bond donors (Lipinski definition) is 6. The second kappa shape index (κ2) is 14.5. The molecule has 6 N–H and O–H groups in total. The summed E-state index contributed by atoms with van der Waals surface area (Å²) >= 11 is 0. The van der Waals surface area contributed by atoms with Crippen molar-refractivity contribution in [3.63, 3.8) is 0 Å². The molecule has 0 aliphatic rings. The summed E-state index contributed by atoms with van der Waals surface area (Å²) in [4.78, 5) is 0. The molecule has 0 aliphatic carbocycles. The zero-order valence-electron chi connectivity index (χ0n) is 21.7. The van der Waals surface area contributed by atoms with Gasteiger partial charge in [0.2, 0.25) is 20.0 Å². The molecule has 2 aromatic rings. The molecule has 0 amide bonds. The van der Waals surface area contributed by atoms with Crippen LogP contribution in [0.5, 0.6) is 0 Å². The Labute approximate surface area is 215 Å². The minimum atomic E-state index is -3.26. The molecule has 0 heterocycles. The summed E-state index contributed by atoms with van der Waals surface area (Å²) in [6.45, 7) is 8.96. The maximum Gasteiger partial charge on any atom is 0.229 e. The van der Waals surface area contributed by atoms with Crippen LogP contribution in [0.1, 0.15) is 51.0 Å². The van der Waals surface area contributed by atoms with E-state index in [0.717, 1.165) is 23.6 Å². The highest BCUT2D eigenvalue weighted by Gasteiger charge is 2.10. The standard InChI is InChI=1S/2C12H20N2O3S/c2*1-9(2)13-8-12(15)10-4-6-11(7-5-10)14-18(3,16)17/h2*4-7,9,12-15H,8H2,1-3H3/t2*12-/m10/s1. The van der Waals surface area contributed by atoms with Crippen LogP contribution in [-0.2, 0) is 20.0 Å². The highest BCUT2D eigenvalue weighted by Crippen LogP contribution is 2.17. The molecule has 0 fully saturated rings. The lowest BCUT2D eigenvalue weighted by Gasteiger charge is -2.14. The van der Waals surface area contributed by atoms with Gasteiger partial charge in [-0.15, -0.1) is 0 Å². The van der Waals surface area contributed by atoms with Crippen LogP contribution < -0.4 is 20.1 Å². The van der Waals surface area contributed by atoms with Gasteiger partial charge in [-0.05, 0) is 35.4 Å². The summed E-state index contributed by atoms with van der Waals surface area (Å²) in [6.07, 6.45) is 1.00. The molecule has 0 aliphatic heterocycles. The Morgan fingerprint density at radius 1 is 0.611 bits per heavy atom. The highest BCUT2D eigenvalue weighted by atomic mass is 32.2. The van der Waals surface area contributed by atoms with Gasteiger partial charge < -0.3 is 20.8 Å². The molecule has 12 heteroatoms. The average molecular weight is 545 g/mol. The molecule has 0 spiro atoms. The normalized spacial score (nSPS) is 13.6. The third-order valence-electron chi connectivity index (χ3n) is 4.64. The maximum absolute atomic E-state index is 11.0. The SMILES string of the molecule is CC(C)NC[C@@H](O)c1ccc(NS(C)(=O)=O)cc1.CC(C)NC[C@H](O)c1ccc(NS(C)(=O)=O)cc1. The van der Waals surface area contributed by atoms with Crippen molar-refractivity contribution >= 4 is 31.4 Å². The van der Waals surface area contributed by atoms with Gasteiger partial charge >= 0.3 is 0 Å². The topological polar surface area (TPSA) is 157 Å². The van der Waals surface area contributed by atoms with E-state index >= 15 is 0 Å². The van der Waals surface area contributed by atoms with E-state index in [1.54, 1.807) is 48.5 Å². The fourth-order valence-electron chi connectivity index (χ4n) is 2.91. The van der Waals surface area contributed by atoms with Gasteiger partial charge in [0.05, 0.1) is 24.7 Å². The van der Waals surface area contributed by atoms with Crippen LogP contribution in [0.25, 0.3) is 0 Å². The van der Waals surface area contributed by atoms with E-state index in [1.165, 1.54) is 0 Å². The van der Waals surface area contributed by atoms with Crippen molar-refractivity contribution in [2.75, 3.05) is 35.0 Å². The third kappa shape index (κ3) is 14.4. The summed E-state index contributed by atoms with van der Waals surface area (Å²) in [5.74, 6) is 0. The van der Waals surface area contributed by atoms with Gasteiger partial charge in [0, 0.05) is 36.5 Å². The summed E-state index contributed by atoms with van der Waals surface area (Å²) < 4.78 is 48.9. The predicted molar refractivity (Wildman–Crippen MR) is 146 cm³/mol. The Morgan fingerprint density at radius 3 is 1.11 bits per heavy atom. The quantitative estimate of drug-likeness (QED) is 0.237. The van der Waals surface area contributed by atoms with Crippen molar-refractivity contribution < 1.29 is 27.0 Å². The van der Waals surface area contributed by atoms with E-state index in [-0.39, 0.29) is 0 Å². The van der Waals surface area contributed by atoms with Gasteiger partial charge in [0.15, 0.2) is 0 Å². The molecule has 36 heavy (non-hydrogen) atoms. The lowest BCUT2D eigenvalue weighted by Crippen LogP contribution is -2.27. The highest BCUT2D eigenvalue weighted by molar-refractivity contribution is 7.92. The Hall–Kier alpha value is -2.22. The number of sulfonamides is 2. The van der Waals surface area contributed by atoms with E-state index in [0.29, 0.717) is 36.5 Å². The van der Waals surface area contributed by atoms with Gasteiger partial charge in [-0.2, -0.15) is 0 Å². The van der Waals surface area contributed by atoms with Gasteiger partial charge in [0.25, 0.3) is 0 Å². The number of aliphatic hydroxyl groups is 2. The molecule has 0 saturated carbocycles. The first-order chi connectivity index (χ1) is 16.6. The van der Waals surface area contributed by atoms with Crippen molar-refractivity contribution in [2.45, 2.75) is 52.0 Å². The molecule has 0 saturated heterocycles. The van der Waals surface area contributed by atoms with E-state index in [4.69, 9.17) is 0 Å². The van der Waals surface area contributed by atoms with Crippen LogP contribution in [0.3, 0.4) is 0 Å². The molecule has 10 nitrogen and oxygen atoms in total. The zero-order chi connectivity index (χ0) is 27.5. The molecule has 0 bridgehead atoms. The Kier molecular flexibility index (Phi) is 12.8. The number of benzene rings is 2. The average Bonchev–Trinajstić information content (AvgIpc) is 2.75. The van der Waals surface area contributed by atoms with Crippen molar-refractivity contribution in [1.82, 2.24) is 10.6 Å². The first-order valence-electron chi connectivity index (χ1n) is 11.5. The van der Waals surface area contributed by atoms with Crippen molar-refractivity contribution in [3.8, 4) is 0 Å². The molecule has 0 radical (unpaired) electrons. The molecular formula is C24H40N4O6S2. The van der Waals surface area contributed by atoms with Crippen LogP contribution in [0, 0.1) is 0 Å². The summed E-state index contributed by atoms with van der Waals surface area (Å²) in [5.41, 5.74) is 2.49. The fourth-order valence-corrected chi connectivity index (χ4v) is 4.03. The summed E-state index contributed by atoms with van der Waals surface area (Å²) in [5, 5.41) is 26.1. The zero-order valence-corrected chi connectivity index (χ0v) is 23.3. The molecule has 204 valence electrons. The predicted octanol–water partition coefficient (Wildman–Crippen LogP) is 2.18. The molecule has 0 unspecified atom stereocenters. The van der Waals surface area contributed by atoms with E-state index in [1.807, 2.05) is 27.7 Å². The minimum absolute atomic E-state index is 0.311. The number of rotatable bonds is 12. The lowest BCUT2D eigenvalue weighted by atomic mass is 10.1. The van der Waals surface area contributed by atoms with E-state index < -0.39 is 32.3 Å². The van der Waals surface area contributed by atoms with Crippen molar-refractivity contribution in [2.24, 2.45) is 0 Å². The van der Waals surface area contributed by atoms with Gasteiger partial charge in [-0.1, -0.05) is 52.0 Å². The number of nitrogens with one attached hydrogen (secondary N) is 4. The third-order valence-corrected chi connectivity index (χ3v) is 5.85. The Morgan fingerprint density at radius 2 is 0.889 bits per heavy atom. The lowest BCUT2D eigenvalue weighted by molar-refractivity contribution is 0.171. The van der Waals surface area contributed by atoms with E-state index in [2.05, 4.69) is 20.1 Å². The van der Waals surface area contributed by atoms with E-state index in [9.17, 15) is 27.0 Å². The number of aliphatic hydroxyl groups excluding tert-OH is 2. The van der Waals surface area contributed by atoms with Crippen LogP contribution in [-0.4, -0.2) is 64.7 Å². The van der Waals surface area contributed by atoms with Gasteiger partial charge in [-0.3, -0.25) is 9.44 Å². The molecule has 2 atom stereocenters. The smallest absolute Gasteiger partial charge is 0.229 e. The second-order valence-corrected chi connectivity index (χ2v) is 12.6. The summed E-state index contributed by atoms with van der Waals surface area (Å²) in [6, 6.07) is 14.0. The molecular weight excluding hydrogens is 504 g/mol. The van der Waals surface area contributed by atoms with Crippen molar-refractivity contribution in [1.29, 1.82) is 0 Å². The largest absolute Gasteiger partial charge is 0.387 e. The molecule has 2 rings (SSSR count). The Bertz CT molecular complexity index is 1030. The second-order valence-electron chi connectivity index (χ2n) is 9.15. The first-order valence-corrected chi connectivity index (χ1v) is 15.3. The van der Waals surface area contributed by atoms with Crippen molar-refractivity contribution in [3.05, 3.63) is 59.7 Å². The van der Waals surface area contributed by atoms with Gasteiger partial charge in [0.1, 0.15) is 0 Å².